The van der Waals surface area contributed by atoms with Crippen LogP contribution in [0, 0.1) is 0 Å². The predicted octanol–water partition coefficient (Wildman–Crippen LogP) is -0.333. The number of anilines is 2. The van der Waals surface area contributed by atoms with Crippen molar-refractivity contribution < 1.29 is 9.59 Å². The predicted molar refractivity (Wildman–Crippen MR) is 68.1 cm³/mol. The lowest BCUT2D eigenvalue weighted by Gasteiger charge is -2.04. The molecule has 2 aromatic rings. The molecule has 0 bridgehead atoms. The van der Waals surface area contributed by atoms with Crippen molar-refractivity contribution in [2.75, 3.05) is 11.1 Å². The Morgan fingerprint density at radius 1 is 1.26 bits per heavy atom. The van der Waals surface area contributed by atoms with Gasteiger partial charge in [-0.15, -0.1) is 5.10 Å². The largest absolute Gasteiger partial charge is 0.369 e. The summed E-state index contributed by atoms with van der Waals surface area (Å²) in [5.74, 6) is -0.832. The lowest BCUT2D eigenvalue weighted by Crippen LogP contribution is -2.15. The van der Waals surface area contributed by atoms with E-state index in [1.165, 1.54) is 0 Å². The lowest BCUT2D eigenvalue weighted by atomic mass is 10.1. The summed E-state index contributed by atoms with van der Waals surface area (Å²) < 4.78 is 0. The number of hydrogen-bond acceptors (Lipinski definition) is 5. The maximum Gasteiger partial charge on any atom is 0.293 e. The number of aromatic nitrogens is 3. The molecule has 0 fully saturated rings. The van der Waals surface area contributed by atoms with Crippen LogP contribution in [0.3, 0.4) is 0 Å². The lowest BCUT2D eigenvalue weighted by molar-refractivity contribution is -0.117. The highest BCUT2D eigenvalue weighted by Gasteiger charge is 2.10. The number of nitrogens with zero attached hydrogens (tertiary/aromatic N) is 2. The average Bonchev–Trinajstić information content (AvgIpc) is 2.78. The molecule has 1 aromatic heterocycles. The number of aromatic amines is 1. The third kappa shape index (κ3) is 3.28. The Morgan fingerprint density at radius 3 is 2.47 bits per heavy atom. The van der Waals surface area contributed by atoms with Crippen LogP contribution in [0.2, 0.25) is 0 Å². The zero-order valence-electron chi connectivity index (χ0n) is 9.88. The summed E-state index contributed by atoms with van der Waals surface area (Å²) in [5.41, 5.74) is 11.7. The van der Waals surface area contributed by atoms with Gasteiger partial charge in [-0.3, -0.25) is 14.7 Å². The zero-order valence-corrected chi connectivity index (χ0v) is 9.88. The van der Waals surface area contributed by atoms with E-state index < -0.39 is 11.8 Å². The SMILES string of the molecule is NC(=O)Cc1ccc(NC(=O)c2nc(N)n[nH]2)cc1. The fourth-order valence-electron chi connectivity index (χ4n) is 1.47. The maximum atomic E-state index is 11.7. The summed E-state index contributed by atoms with van der Waals surface area (Å²) in [7, 11) is 0. The molecule has 0 saturated heterocycles. The van der Waals surface area contributed by atoms with Gasteiger partial charge in [-0.05, 0) is 17.7 Å². The molecule has 0 aliphatic carbocycles. The Labute approximate surface area is 108 Å². The number of benzene rings is 1. The van der Waals surface area contributed by atoms with Crippen LogP contribution in [0.5, 0.6) is 0 Å². The molecular weight excluding hydrogens is 248 g/mol. The molecule has 0 spiro atoms. The Morgan fingerprint density at radius 2 is 1.95 bits per heavy atom. The van der Waals surface area contributed by atoms with Crippen molar-refractivity contribution in [1.82, 2.24) is 15.2 Å². The second-order valence-electron chi connectivity index (χ2n) is 3.84. The van der Waals surface area contributed by atoms with Crippen molar-refractivity contribution in [2.24, 2.45) is 5.73 Å². The van der Waals surface area contributed by atoms with Crippen LogP contribution in [0.25, 0.3) is 0 Å². The first-order chi connectivity index (χ1) is 9.04. The van der Waals surface area contributed by atoms with Gasteiger partial charge >= 0.3 is 0 Å². The van der Waals surface area contributed by atoms with E-state index in [-0.39, 0.29) is 18.2 Å². The second kappa shape index (κ2) is 5.17. The van der Waals surface area contributed by atoms with E-state index in [1.807, 2.05) is 0 Å². The summed E-state index contributed by atoms with van der Waals surface area (Å²) in [5, 5.41) is 8.57. The molecular formula is C11H12N6O2. The summed E-state index contributed by atoms with van der Waals surface area (Å²) in [6, 6.07) is 6.73. The second-order valence-corrected chi connectivity index (χ2v) is 3.84. The fraction of sp³-hybridized carbons (Fsp3) is 0.0909. The minimum atomic E-state index is -0.452. The van der Waals surface area contributed by atoms with Crippen molar-refractivity contribution in [3.63, 3.8) is 0 Å². The smallest absolute Gasteiger partial charge is 0.293 e. The van der Waals surface area contributed by atoms with Crippen molar-refractivity contribution in [1.29, 1.82) is 0 Å². The topological polar surface area (TPSA) is 140 Å². The molecule has 0 aliphatic heterocycles. The third-order valence-electron chi connectivity index (χ3n) is 2.31. The molecule has 2 amide bonds. The highest BCUT2D eigenvalue weighted by Crippen LogP contribution is 2.11. The normalized spacial score (nSPS) is 10.1. The monoisotopic (exact) mass is 260 g/mol. The number of nitrogen functional groups attached to an aromatic ring is 1. The van der Waals surface area contributed by atoms with Gasteiger partial charge in [0, 0.05) is 5.69 Å². The molecule has 19 heavy (non-hydrogen) atoms. The van der Waals surface area contributed by atoms with E-state index in [0.717, 1.165) is 5.56 Å². The number of nitrogens with one attached hydrogen (secondary N) is 2. The number of carbonyl (C=O) groups is 2. The van der Waals surface area contributed by atoms with Gasteiger partial charge in [0.25, 0.3) is 5.91 Å². The van der Waals surface area contributed by atoms with Crippen molar-refractivity contribution in [2.45, 2.75) is 6.42 Å². The van der Waals surface area contributed by atoms with Crippen LogP contribution in [-0.4, -0.2) is 27.0 Å². The number of rotatable bonds is 4. The van der Waals surface area contributed by atoms with Gasteiger partial charge in [-0.25, -0.2) is 0 Å². The molecule has 98 valence electrons. The fourth-order valence-corrected chi connectivity index (χ4v) is 1.47. The maximum absolute atomic E-state index is 11.7. The highest BCUT2D eigenvalue weighted by atomic mass is 16.2. The van der Waals surface area contributed by atoms with E-state index in [1.54, 1.807) is 24.3 Å². The molecule has 0 saturated carbocycles. The summed E-state index contributed by atoms with van der Waals surface area (Å²) in [4.78, 5) is 26.2. The van der Waals surface area contributed by atoms with Gasteiger partial charge < -0.3 is 16.8 Å². The minimum Gasteiger partial charge on any atom is -0.369 e. The molecule has 2 rings (SSSR count). The van der Waals surface area contributed by atoms with Gasteiger partial charge in [0.2, 0.25) is 17.7 Å². The number of carbonyl (C=O) groups excluding carboxylic acids is 2. The van der Waals surface area contributed by atoms with Gasteiger partial charge in [0.15, 0.2) is 0 Å². The first kappa shape index (κ1) is 12.6. The molecule has 0 radical (unpaired) electrons. The van der Waals surface area contributed by atoms with Crippen LogP contribution in [-0.2, 0) is 11.2 Å². The van der Waals surface area contributed by atoms with Crippen molar-refractivity contribution in [3.05, 3.63) is 35.7 Å². The third-order valence-corrected chi connectivity index (χ3v) is 2.31. The summed E-state index contributed by atoms with van der Waals surface area (Å²) in [6.45, 7) is 0. The van der Waals surface area contributed by atoms with Crippen LogP contribution in [0.1, 0.15) is 16.2 Å². The molecule has 6 N–H and O–H groups in total. The standard InChI is InChI=1S/C11H12N6O2/c12-8(18)5-6-1-3-7(4-2-6)14-10(19)9-15-11(13)17-16-9/h1-4H,5H2,(H2,12,18)(H,14,19)(H3,13,15,16,17). The molecule has 8 nitrogen and oxygen atoms in total. The summed E-state index contributed by atoms with van der Waals surface area (Å²) >= 11 is 0. The summed E-state index contributed by atoms with van der Waals surface area (Å²) in [6.07, 6.45) is 0.160. The van der Waals surface area contributed by atoms with Gasteiger partial charge in [0.1, 0.15) is 0 Å². The highest BCUT2D eigenvalue weighted by molar-refractivity contribution is 6.01. The number of hydrogen-bond donors (Lipinski definition) is 4. The van der Waals surface area contributed by atoms with Crippen LogP contribution in [0.15, 0.2) is 24.3 Å². The van der Waals surface area contributed by atoms with Gasteiger partial charge in [-0.1, -0.05) is 12.1 Å². The Bertz CT molecular complexity index is 604. The van der Waals surface area contributed by atoms with Crippen molar-refractivity contribution in [3.8, 4) is 0 Å². The Kier molecular flexibility index (Phi) is 3.42. The number of H-pyrrole nitrogens is 1. The Hall–Kier alpha value is -2.90. The van der Waals surface area contributed by atoms with E-state index in [0.29, 0.717) is 5.69 Å². The molecule has 8 heteroatoms. The van der Waals surface area contributed by atoms with Crippen LogP contribution >= 0.6 is 0 Å². The van der Waals surface area contributed by atoms with Crippen LogP contribution in [0.4, 0.5) is 11.6 Å². The number of amides is 2. The van der Waals surface area contributed by atoms with Crippen molar-refractivity contribution >= 4 is 23.5 Å². The quantitative estimate of drug-likeness (QED) is 0.595. The minimum absolute atomic E-state index is 0.00181. The van der Waals surface area contributed by atoms with E-state index >= 15 is 0 Å². The van der Waals surface area contributed by atoms with E-state index in [4.69, 9.17) is 11.5 Å². The molecule has 0 aliphatic rings. The average molecular weight is 260 g/mol. The first-order valence-electron chi connectivity index (χ1n) is 5.41. The zero-order chi connectivity index (χ0) is 13.8. The Balaban J connectivity index is 2.03. The molecule has 1 aromatic carbocycles. The number of nitrogens with two attached hydrogens (primary N) is 2. The number of primary amides is 1. The molecule has 0 unspecified atom stereocenters. The van der Waals surface area contributed by atoms with E-state index in [2.05, 4.69) is 20.5 Å². The molecule has 1 heterocycles. The molecule has 0 atom stereocenters. The van der Waals surface area contributed by atoms with E-state index in [9.17, 15) is 9.59 Å². The first-order valence-corrected chi connectivity index (χ1v) is 5.41. The van der Waals surface area contributed by atoms with Gasteiger partial charge in [0.05, 0.1) is 6.42 Å². The van der Waals surface area contributed by atoms with Gasteiger partial charge in [-0.2, -0.15) is 4.98 Å². The van der Waals surface area contributed by atoms with Crippen LogP contribution < -0.4 is 16.8 Å².